The summed E-state index contributed by atoms with van der Waals surface area (Å²) in [6, 6.07) is 0. The van der Waals surface area contributed by atoms with E-state index in [1.54, 1.807) is 0 Å². The predicted octanol–water partition coefficient (Wildman–Crippen LogP) is -2.97. The first kappa shape index (κ1) is 20.4. The summed E-state index contributed by atoms with van der Waals surface area (Å²) in [5.74, 6) is -1.76. The fourth-order valence-electron chi connectivity index (χ4n) is 1.30. The summed E-state index contributed by atoms with van der Waals surface area (Å²) in [7, 11) is 0. The predicted molar refractivity (Wildman–Crippen MR) is 72.8 cm³/mol. The van der Waals surface area contributed by atoms with Crippen molar-refractivity contribution in [2.24, 2.45) is 0 Å². The molecule has 0 amide bonds. The van der Waals surface area contributed by atoms with E-state index in [0.29, 0.717) is 0 Å². The van der Waals surface area contributed by atoms with E-state index in [9.17, 15) is 9.59 Å². The third-order valence-corrected chi connectivity index (χ3v) is 2.19. The van der Waals surface area contributed by atoms with E-state index >= 15 is 0 Å². The average molecular weight is 322 g/mol. The number of hydrogen-bond donors (Lipinski definition) is 4. The Morgan fingerprint density at radius 1 is 0.682 bits per heavy atom. The van der Waals surface area contributed by atoms with Gasteiger partial charge in [0.15, 0.2) is 0 Å². The molecule has 0 aliphatic heterocycles. The number of aliphatic hydroxyl groups excluding tert-OH is 4. The molecule has 0 aliphatic carbocycles. The molecule has 10 nitrogen and oxygen atoms in total. The number of carbonyl (C=O) groups excluding carboxylic acids is 2. The molecule has 0 radical (unpaired) electrons. The van der Waals surface area contributed by atoms with Gasteiger partial charge >= 0.3 is 11.9 Å². The molecule has 0 aromatic rings. The molecule has 128 valence electrons. The standard InChI is InChI=1S/C12H22N2O8/c15-7-3-13(4-8-16)21-11(19)1-2-12(20)22-14(5-9-17)6-10-18/h1-2,15-18H,3-10H2/b2-1+. The fraction of sp³-hybridized carbons (Fsp3) is 0.667. The minimum Gasteiger partial charge on any atom is -0.395 e. The Balaban J connectivity index is 4.30. The molecule has 22 heavy (non-hydrogen) atoms. The van der Waals surface area contributed by atoms with Gasteiger partial charge in [-0.15, -0.1) is 10.1 Å². The van der Waals surface area contributed by atoms with Crippen molar-refractivity contribution < 1.29 is 39.7 Å². The summed E-state index contributed by atoms with van der Waals surface area (Å²) in [5, 5.41) is 37.1. The van der Waals surface area contributed by atoms with Gasteiger partial charge in [0, 0.05) is 12.2 Å². The zero-order valence-electron chi connectivity index (χ0n) is 12.1. The highest BCUT2D eigenvalue weighted by Gasteiger charge is 2.11. The van der Waals surface area contributed by atoms with Gasteiger partial charge in [-0.3, -0.25) is 0 Å². The van der Waals surface area contributed by atoms with Crippen LogP contribution in [0.25, 0.3) is 0 Å². The minimum atomic E-state index is -0.880. The molecule has 0 spiro atoms. The molecule has 0 atom stereocenters. The van der Waals surface area contributed by atoms with Gasteiger partial charge in [0.1, 0.15) is 0 Å². The van der Waals surface area contributed by atoms with Crippen LogP contribution in [0.5, 0.6) is 0 Å². The maximum atomic E-state index is 11.4. The van der Waals surface area contributed by atoms with Crippen molar-refractivity contribution in [3.8, 4) is 0 Å². The third-order valence-electron chi connectivity index (χ3n) is 2.19. The van der Waals surface area contributed by atoms with E-state index in [1.165, 1.54) is 0 Å². The summed E-state index contributed by atoms with van der Waals surface area (Å²) < 4.78 is 0. The van der Waals surface area contributed by atoms with Crippen LogP contribution in [0, 0.1) is 0 Å². The zero-order chi connectivity index (χ0) is 16.8. The Hall–Kier alpha value is -1.56. The highest BCUT2D eigenvalue weighted by Crippen LogP contribution is 1.95. The molecule has 0 unspecified atom stereocenters. The maximum absolute atomic E-state index is 11.4. The normalized spacial score (nSPS) is 11.4. The van der Waals surface area contributed by atoms with Crippen LogP contribution in [0.3, 0.4) is 0 Å². The first-order valence-corrected chi connectivity index (χ1v) is 6.62. The van der Waals surface area contributed by atoms with Crippen LogP contribution in [0.1, 0.15) is 0 Å². The fourth-order valence-corrected chi connectivity index (χ4v) is 1.30. The number of rotatable bonds is 12. The number of hydroxylamine groups is 4. The first-order valence-electron chi connectivity index (χ1n) is 6.62. The SMILES string of the molecule is O=C(/C=C/C(=O)ON(CCO)CCO)ON(CCO)CCO. The average Bonchev–Trinajstić information content (AvgIpc) is 2.46. The van der Waals surface area contributed by atoms with Gasteiger partial charge in [-0.25, -0.2) is 9.59 Å². The molecule has 0 aromatic heterocycles. The largest absolute Gasteiger partial charge is 0.395 e. The van der Waals surface area contributed by atoms with Gasteiger partial charge in [-0.1, -0.05) is 0 Å². The third kappa shape index (κ3) is 10.2. The summed E-state index contributed by atoms with van der Waals surface area (Å²) in [6.45, 7) is -0.993. The van der Waals surface area contributed by atoms with Gasteiger partial charge in [0.25, 0.3) is 0 Å². The van der Waals surface area contributed by atoms with Crippen LogP contribution in [0.15, 0.2) is 12.2 Å². The molecule has 4 N–H and O–H groups in total. The zero-order valence-corrected chi connectivity index (χ0v) is 12.1. The number of nitrogens with zero attached hydrogens (tertiary/aromatic N) is 2. The summed E-state index contributed by atoms with van der Waals surface area (Å²) in [4.78, 5) is 32.4. The van der Waals surface area contributed by atoms with E-state index < -0.39 is 11.9 Å². The van der Waals surface area contributed by atoms with Crippen molar-refractivity contribution in [1.82, 2.24) is 10.1 Å². The van der Waals surface area contributed by atoms with Gasteiger partial charge < -0.3 is 30.1 Å². The lowest BCUT2D eigenvalue weighted by atomic mass is 10.5. The second-order valence-electron chi connectivity index (χ2n) is 3.91. The lowest BCUT2D eigenvalue weighted by molar-refractivity contribution is -0.190. The molecule has 0 saturated carbocycles. The van der Waals surface area contributed by atoms with Crippen LogP contribution in [-0.2, 0) is 19.3 Å². The summed E-state index contributed by atoms with van der Waals surface area (Å²) >= 11 is 0. The molecule has 0 saturated heterocycles. The highest BCUT2D eigenvalue weighted by molar-refractivity contribution is 5.91. The van der Waals surface area contributed by atoms with Gasteiger partial charge in [-0.05, 0) is 0 Å². The van der Waals surface area contributed by atoms with Crippen molar-refractivity contribution in [3.05, 3.63) is 12.2 Å². The van der Waals surface area contributed by atoms with Gasteiger partial charge in [0.05, 0.1) is 52.6 Å². The second-order valence-corrected chi connectivity index (χ2v) is 3.91. The molecule has 10 heteroatoms. The molecule has 0 aliphatic rings. The molecule has 0 heterocycles. The van der Waals surface area contributed by atoms with Crippen molar-refractivity contribution >= 4 is 11.9 Å². The molecular formula is C12H22N2O8. The highest BCUT2D eigenvalue weighted by atomic mass is 16.7. The van der Waals surface area contributed by atoms with E-state index in [-0.39, 0.29) is 52.6 Å². The van der Waals surface area contributed by atoms with Crippen LogP contribution in [0.2, 0.25) is 0 Å². The number of aliphatic hydroxyl groups is 4. The van der Waals surface area contributed by atoms with Crippen LogP contribution in [-0.4, -0.2) is 95.1 Å². The molecule has 0 bridgehead atoms. The summed E-state index contributed by atoms with van der Waals surface area (Å²) in [6.07, 6.45) is 1.64. The van der Waals surface area contributed by atoms with E-state index in [1.807, 2.05) is 0 Å². The Labute approximate surface area is 127 Å². The molecular weight excluding hydrogens is 300 g/mol. The topological polar surface area (TPSA) is 140 Å². The maximum Gasteiger partial charge on any atom is 0.349 e. The molecule has 0 rings (SSSR count). The van der Waals surface area contributed by atoms with Crippen molar-refractivity contribution in [3.63, 3.8) is 0 Å². The molecule has 0 fully saturated rings. The van der Waals surface area contributed by atoms with Crippen LogP contribution < -0.4 is 0 Å². The Morgan fingerprint density at radius 3 is 1.18 bits per heavy atom. The first-order chi connectivity index (χ1) is 10.6. The lowest BCUT2D eigenvalue weighted by Gasteiger charge is -2.18. The lowest BCUT2D eigenvalue weighted by Crippen LogP contribution is -2.33. The van der Waals surface area contributed by atoms with Crippen molar-refractivity contribution in [1.29, 1.82) is 0 Å². The summed E-state index contributed by atoms with van der Waals surface area (Å²) in [5.41, 5.74) is 0. The monoisotopic (exact) mass is 322 g/mol. The van der Waals surface area contributed by atoms with Gasteiger partial charge in [-0.2, -0.15) is 0 Å². The van der Waals surface area contributed by atoms with E-state index in [4.69, 9.17) is 30.1 Å². The Kier molecular flexibility index (Phi) is 12.2. The van der Waals surface area contributed by atoms with Gasteiger partial charge in [0.2, 0.25) is 0 Å². The minimum absolute atomic E-state index is 0.0192. The van der Waals surface area contributed by atoms with E-state index in [0.717, 1.165) is 22.3 Å². The van der Waals surface area contributed by atoms with Crippen LogP contribution in [0.4, 0.5) is 0 Å². The van der Waals surface area contributed by atoms with Crippen molar-refractivity contribution in [2.75, 3.05) is 52.6 Å². The Bertz CT molecular complexity index is 306. The number of hydrogen-bond acceptors (Lipinski definition) is 10. The number of carbonyl (C=O) groups is 2. The smallest absolute Gasteiger partial charge is 0.349 e. The second kappa shape index (κ2) is 13.1. The van der Waals surface area contributed by atoms with E-state index in [2.05, 4.69) is 0 Å². The Morgan fingerprint density at radius 2 is 0.955 bits per heavy atom. The van der Waals surface area contributed by atoms with Crippen molar-refractivity contribution in [2.45, 2.75) is 0 Å². The quantitative estimate of drug-likeness (QED) is 0.217. The molecule has 0 aromatic carbocycles. The van der Waals surface area contributed by atoms with Crippen LogP contribution >= 0.6 is 0 Å².